The summed E-state index contributed by atoms with van der Waals surface area (Å²) in [6.07, 6.45) is 0.448. The highest BCUT2D eigenvalue weighted by molar-refractivity contribution is 5.84. The number of nitrogens with one attached hydrogen (secondary N) is 1. The van der Waals surface area contributed by atoms with Gasteiger partial charge in [0.1, 0.15) is 23.2 Å². The van der Waals surface area contributed by atoms with Crippen molar-refractivity contribution < 1.29 is 22.0 Å². The standard InChI is InChI=1S/C29H25F4N5O/c1-38-16-35-37-27(38)23-13-21(30)8-9-22(23)19-6-3-7-20(12-19)28-36-25-11-18(15-34-14-17-4-2-5-17)10-24(26(25)39-28)29(31,32)33/h3,6-13,16-17,34H,2,4-5,14-15H2,1H3. The average molecular weight is 536 g/mol. The first-order chi connectivity index (χ1) is 18.8. The second kappa shape index (κ2) is 9.92. The smallest absolute Gasteiger partial charge is 0.420 e. The van der Waals surface area contributed by atoms with E-state index in [-0.39, 0.29) is 17.0 Å². The number of nitrogens with zero attached hydrogens (tertiary/aromatic N) is 4. The molecule has 2 heterocycles. The largest absolute Gasteiger partial charge is 0.435 e. The second-order valence-electron chi connectivity index (χ2n) is 9.97. The normalized spacial score (nSPS) is 14.2. The molecular weight excluding hydrogens is 510 g/mol. The monoisotopic (exact) mass is 535 g/mol. The fourth-order valence-electron chi connectivity index (χ4n) is 4.94. The molecule has 200 valence electrons. The summed E-state index contributed by atoms with van der Waals surface area (Å²) in [7, 11) is 1.76. The van der Waals surface area contributed by atoms with E-state index in [0.29, 0.717) is 46.1 Å². The van der Waals surface area contributed by atoms with Crippen LogP contribution in [0.1, 0.15) is 30.4 Å². The summed E-state index contributed by atoms with van der Waals surface area (Å²) in [6.45, 7) is 1.11. The van der Waals surface area contributed by atoms with E-state index in [4.69, 9.17) is 4.42 Å². The lowest BCUT2D eigenvalue weighted by Gasteiger charge is -2.25. The maximum atomic E-state index is 14.2. The zero-order valence-corrected chi connectivity index (χ0v) is 21.1. The lowest BCUT2D eigenvalue weighted by Crippen LogP contribution is -2.27. The number of hydrogen-bond donors (Lipinski definition) is 1. The molecule has 1 saturated carbocycles. The minimum atomic E-state index is -4.60. The van der Waals surface area contributed by atoms with E-state index in [1.807, 2.05) is 6.07 Å². The summed E-state index contributed by atoms with van der Waals surface area (Å²) >= 11 is 0. The Bertz CT molecular complexity index is 1650. The Kier molecular flexibility index (Phi) is 6.42. The SMILES string of the molecule is Cn1cnnc1-c1cc(F)ccc1-c1cccc(-c2nc3cc(CNCC4CCC4)cc(C(F)(F)F)c3o2)c1. The van der Waals surface area contributed by atoms with Gasteiger partial charge in [-0.05, 0) is 78.4 Å². The first-order valence-electron chi connectivity index (χ1n) is 12.7. The summed E-state index contributed by atoms with van der Waals surface area (Å²) < 4.78 is 63.6. The molecular formula is C29H25F4N5O. The quantitative estimate of drug-likeness (QED) is 0.227. The topological polar surface area (TPSA) is 68.8 Å². The Morgan fingerprint density at radius 1 is 1.03 bits per heavy atom. The molecule has 0 aliphatic heterocycles. The van der Waals surface area contributed by atoms with Gasteiger partial charge in [-0.3, -0.25) is 0 Å². The lowest BCUT2D eigenvalue weighted by atomic mass is 9.85. The number of hydrogen-bond acceptors (Lipinski definition) is 5. The number of halogens is 4. The maximum Gasteiger partial charge on any atom is 0.420 e. The van der Waals surface area contributed by atoms with Crippen LogP contribution >= 0.6 is 0 Å². The van der Waals surface area contributed by atoms with Crippen LogP contribution in [0.5, 0.6) is 0 Å². The molecule has 1 N–H and O–H groups in total. The van der Waals surface area contributed by atoms with Crippen molar-refractivity contribution in [3.8, 4) is 34.0 Å². The molecule has 0 radical (unpaired) electrons. The minimum Gasteiger partial charge on any atom is -0.435 e. The molecule has 0 amide bonds. The van der Waals surface area contributed by atoms with Crippen LogP contribution in [0.15, 0.2) is 65.3 Å². The number of fused-ring (bicyclic) bond motifs is 1. The Morgan fingerprint density at radius 2 is 1.85 bits per heavy atom. The van der Waals surface area contributed by atoms with Gasteiger partial charge in [-0.1, -0.05) is 24.6 Å². The molecule has 10 heteroatoms. The molecule has 6 rings (SSSR count). The van der Waals surface area contributed by atoms with Crippen molar-refractivity contribution in [1.82, 2.24) is 25.1 Å². The molecule has 39 heavy (non-hydrogen) atoms. The molecule has 0 saturated heterocycles. The van der Waals surface area contributed by atoms with Crippen molar-refractivity contribution in [2.24, 2.45) is 13.0 Å². The van der Waals surface area contributed by atoms with Crippen molar-refractivity contribution in [2.45, 2.75) is 32.0 Å². The van der Waals surface area contributed by atoms with Crippen molar-refractivity contribution in [3.05, 3.63) is 77.9 Å². The summed E-state index contributed by atoms with van der Waals surface area (Å²) in [5, 5.41) is 11.3. The summed E-state index contributed by atoms with van der Waals surface area (Å²) in [5.41, 5.74) is 1.91. The second-order valence-corrected chi connectivity index (χ2v) is 9.97. The number of alkyl halides is 3. The highest BCUT2D eigenvalue weighted by Gasteiger charge is 2.35. The van der Waals surface area contributed by atoms with E-state index in [1.54, 1.807) is 41.9 Å². The number of aryl methyl sites for hydroxylation is 1. The van der Waals surface area contributed by atoms with E-state index >= 15 is 0 Å². The van der Waals surface area contributed by atoms with Gasteiger partial charge in [-0.25, -0.2) is 9.37 Å². The van der Waals surface area contributed by atoms with Crippen LogP contribution in [0.3, 0.4) is 0 Å². The molecule has 0 atom stereocenters. The van der Waals surface area contributed by atoms with Crippen LogP contribution in [0, 0.1) is 11.7 Å². The molecule has 5 aromatic rings. The zero-order valence-electron chi connectivity index (χ0n) is 21.1. The predicted octanol–water partition coefficient (Wildman–Crippen LogP) is 7.00. The van der Waals surface area contributed by atoms with Gasteiger partial charge in [0.05, 0.1) is 0 Å². The zero-order chi connectivity index (χ0) is 27.1. The van der Waals surface area contributed by atoms with Crippen LogP contribution in [0.2, 0.25) is 0 Å². The van der Waals surface area contributed by atoms with Gasteiger partial charge < -0.3 is 14.3 Å². The molecule has 0 bridgehead atoms. The Morgan fingerprint density at radius 3 is 2.56 bits per heavy atom. The maximum absolute atomic E-state index is 14.2. The third kappa shape index (κ3) is 5.04. The van der Waals surface area contributed by atoms with Crippen LogP contribution in [0.25, 0.3) is 45.1 Å². The van der Waals surface area contributed by atoms with Crippen molar-refractivity contribution in [2.75, 3.05) is 6.54 Å². The van der Waals surface area contributed by atoms with Crippen LogP contribution in [0.4, 0.5) is 17.6 Å². The van der Waals surface area contributed by atoms with Gasteiger partial charge in [0, 0.05) is 24.7 Å². The van der Waals surface area contributed by atoms with Gasteiger partial charge in [-0.15, -0.1) is 10.2 Å². The number of oxazole rings is 1. The van der Waals surface area contributed by atoms with E-state index in [2.05, 4.69) is 20.5 Å². The minimum absolute atomic E-state index is 0.0687. The first-order valence-corrected chi connectivity index (χ1v) is 12.7. The molecule has 3 aromatic carbocycles. The highest BCUT2D eigenvalue weighted by atomic mass is 19.4. The predicted molar refractivity (Wildman–Crippen MR) is 139 cm³/mol. The fourth-order valence-corrected chi connectivity index (χ4v) is 4.94. The highest BCUT2D eigenvalue weighted by Crippen LogP contribution is 2.39. The number of aromatic nitrogens is 4. The molecule has 6 nitrogen and oxygen atoms in total. The number of benzene rings is 3. The third-order valence-corrected chi connectivity index (χ3v) is 7.20. The molecule has 0 unspecified atom stereocenters. The Balaban J connectivity index is 1.38. The van der Waals surface area contributed by atoms with Gasteiger partial charge in [0.15, 0.2) is 11.4 Å². The van der Waals surface area contributed by atoms with E-state index < -0.39 is 17.6 Å². The van der Waals surface area contributed by atoms with Gasteiger partial charge in [0.25, 0.3) is 0 Å². The molecule has 1 aliphatic rings. The van der Waals surface area contributed by atoms with Crippen LogP contribution in [-0.2, 0) is 19.8 Å². The van der Waals surface area contributed by atoms with E-state index in [0.717, 1.165) is 25.5 Å². The van der Waals surface area contributed by atoms with Crippen LogP contribution < -0.4 is 5.32 Å². The van der Waals surface area contributed by atoms with Crippen LogP contribution in [-0.4, -0.2) is 26.3 Å². The third-order valence-electron chi connectivity index (χ3n) is 7.20. The average Bonchev–Trinajstić information content (AvgIpc) is 3.50. The van der Waals surface area contributed by atoms with E-state index in [1.165, 1.54) is 24.9 Å². The molecule has 1 fully saturated rings. The first kappa shape index (κ1) is 25.2. The van der Waals surface area contributed by atoms with Crippen molar-refractivity contribution >= 4 is 11.1 Å². The summed E-state index contributed by atoms with van der Waals surface area (Å²) in [5.74, 6) is 0.714. The molecule has 2 aromatic heterocycles. The molecule has 0 spiro atoms. The summed E-state index contributed by atoms with van der Waals surface area (Å²) in [4.78, 5) is 4.44. The molecule has 1 aliphatic carbocycles. The number of rotatable bonds is 7. The van der Waals surface area contributed by atoms with Crippen molar-refractivity contribution in [1.29, 1.82) is 0 Å². The van der Waals surface area contributed by atoms with E-state index in [9.17, 15) is 17.6 Å². The Labute approximate surface area is 221 Å². The Hall–Kier alpha value is -4.05. The lowest BCUT2D eigenvalue weighted by molar-refractivity contribution is -0.136. The van der Waals surface area contributed by atoms with Gasteiger partial charge >= 0.3 is 6.18 Å². The summed E-state index contributed by atoms with van der Waals surface area (Å²) in [6, 6.07) is 14.2. The van der Waals surface area contributed by atoms with Crippen molar-refractivity contribution in [3.63, 3.8) is 0 Å². The van der Waals surface area contributed by atoms with Gasteiger partial charge in [-0.2, -0.15) is 13.2 Å². The fraction of sp³-hybridized carbons (Fsp3) is 0.276. The van der Waals surface area contributed by atoms with Gasteiger partial charge in [0.2, 0.25) is 5.89 Å².